The van der Waals surface area contributed by atoms with Crippen LogP contribution >= 0.6 is 46.4 Å². The molecule has 0 unspecified atom stereocenters. The summed E-state index contributed by atoms with van der Waals surface area (Å²) in [5.41, 5.74) is 1.62. The predicted molar refractivity (Wildman–Crippen MR) is 137 cm³/mol. The molecule has 1 saturated heterocycles. The van der Waals surface area contributed by atoms with Crippen LogP contribution in [0.1, 0.15) is 11.1 Å². The fourth-order valence-electron chi connectivity index (χ4n) is 3.26. The molecule has 0 radical (unpaired) electrons. The summed E-state index contributed by atoms with van der Waals surface area (Å²) < 4.78 is 0. The van der Waals surface area contributed by atoms with Crippen molar-refractivity contribution < 1.29 is 9.59 Å². The zero-order valence-corrected chi connectivity index (χ0v) is 20.8. The number of nitrogens with zero attached hydrogens (tertiary/aromatic N) is 2. The lowest BCUT2D eigenvalue weighted by Gasteiger charge is -2.34. The summed E-state index contributed by atoms with van der Waals surface area (Å²) in [5.74, 6) is -0.219. The molecular weight excluding hydrogens is 504 g/mol. The summed E-state index contributed by atoms with van der Waals surface area (Å²) in [6, 6.07) is 10.4. The summed E-state index contributed by atoms with van der Waals surface area (Å²) in [5, 5.41) is 4.73. The van der Waals surface area contributed by atoms with Crippen LogP contribution in [-0.2, 0) is 9.59 Å². The third-order valence-corrected chi connectivity index (χ3v) is 6.62. The summed E-state index contributed by atoms with van der Waals surface area (Å²) in [6.07, 6.45) is 6.44. The summed E-state index contributed by atoms with van der Waals surface area (Å²) in [7, 11) is 0. The number of carbonyl (C=O) groups is 2. The van der Waals surface area contributed by atoms with Crippen LogP contribution in [0, 0.1) is 0 Å². The Morgan fingerprint density at radius 2 is 1.33 bits per heavy atom. The molecule has 174 valence electrons. The molecule has 2 aromatic rings. The van der Waals surface area contributed by atoms with Crippen molar-refractivity contribution in [2.45, 2.75) is 0 Å². The van der Waals surface area contributed by atoms with Gasteiger partial charge in [-0.25, -0.2) is 0 Å². The Kier molecular flexibility index (Phi) is 9.65. The van der Waals surface area contributed by atoms with Crippen LogP contribution in [0.25, 0.3) is 12.2 Å². The molecule has 0 bridgehead atoms. The molecule has 0 aromatic heterocycles. The van der Waals surface area contributed by atoms with Crippen LogP contribution in [0.15, 0.2) is 48.6 Å². The van der Waals surface area contributed by atoms with Crippen molar-refractivity contribution >= 4 is 70.4 Å². The van der Waals surface area contributed by atoms with Gasteiger partial charge in [-0.3, -0.25) is 14.5 Å². The van der Waals surface area contributed by atoms with Crippen molar-refractivity contribution in [1.29, 1.82) is 0 Å². The first-order valence-electron chi connectivity index (χ1n) is 10.4. The summed E-state index contributed by atoms with van der Waals surface area (Å²) in [6.45, 7) is 4.01. The van der Waals surface area contributed by atoms with E-state index in [1.807, 2.05) is 11.0 Å². The van der Waals surface area contributed by atoms with E-state index in [1.54, 1.807) is 48.6 Å². The zero-order chi connectivity index (χ0) is 23.8. The van der Waals surface area contributed by atoms with Gasteiger partial charge in [0.05, 0.1) is 20.1 Å². The maximum atomic E-state index is 12.4. The van der Waals surface area contributed by atoms with E-state index in [0.29, 0.717) is 46.3 Å². The standard InChI is InChI=1S/C24H23Cl4N3O2/c25-19-5-1-17(15-21(19)27)3-7-23(32)29-9-10-30-11-13-31(14-12-30)24(33)8-4-18-2-6-20(26)22(28)16-18/h1-8,15-16H,9-14H2,(H,29,32). The number of carbonyl (C=O) groups excluding carboxylic acids is 2. The van der Waals surface area contributed by atoms with Gasteiger partial charge in [-0.1, -0.05) is 58.5 Å². The van der Waals surface area contributed by atoms with Crippen molar-refractivity contribution in [2.75, 3.05) is 39.3 Å². The molecule has 2 aromatic carbocycles. The van der Waals surface area contributed by atoms with Crippen molar-refractivity contribution in [2.24, 2.45) is 0 Å². The topological polar surface area (TPSA) is 52.7 Å². The number of piperazine rings is 1. The van der Waals surface area contributed by atoms with Gasteiger partial charge in [0, 0.05) is 51.4 Å². The number of hydrogen-bond acceptors (Lipinski definition) is 3. The number of benzene rings is 2. The third-order valence-electron chi connectivity index (χ3n) is 5.14. The lowest BCUT2D eigenvalue weighted by atomic mass is 10.2. The highest BCUT2D eigenvalue weighted by molar-refractivity contribution is 6.42. The lowest BCUT2D eigenvalue weighted by molar-refractivity contribution is -0.127. The van der Waals surface area contributed by atoms with Crippen LogP contribution < -0.4 is 5.32 Å². The van der Waals surface area contributed by atoms with Crippen LogP contribution in [0.3, 0.4) is 0 Å². The van der Waals surface area contributed by atoms with E-state index in [1.165, 1.54) is 6.08 Å². The lowest BCUT2D eigenvalue weighted by Crippen LogP contribution is -2.49. The van der Waals surface area contributed by atoms with E-state index in [0.717, 1.165) is 24.2 Å². The van der Waals surface area contributed by atoms with E-state index >= 15 is 0 Å². The Morgan fingerprint density at radius 1 is 0.788 bits per heavy atom. The van der Waals surface area contributed by atoms with Gasteiger partial charge < -0.3 is 10.2 Å². The molecule has 0 saturated carbocycles. The second-order valence-corrected chi connectivity index (χ2v) is 9.10. The Bertz CT molecular complexity index is 1060. The smallest absolute Gasteiger partial charge is 0.246 e. The molecular formula is C24H23Cl4N3O2. The van der Waals surface area contributed by atoms with Gasteiger partial charge in [0.2, 0.25) is 11.8 Å². The molecule has 5 nitrogen and oxygen atoms in total. The minimum Gasteiger partial charge on any atom is -0.351 e. The van der Waals surface area contributed by atoms with Crippen molar-refractivity contribution in [1.82, 2.24) is 15.1 Å². The second-order valence-electron chi connectivity index (χ2n) is 7.47. The van der Waals surface area contributed by atoms with Crippen LogP contribution in [0.4, 0.5) is 0 Å². The normalized spacial score (nSPS) is 14.8. The first-order chi connectivity index (χ1) is 15.8. The Labute approximate surface area is 213 Å². The Hall–Kier alpha value is -2.02. The molecule has 9 heteroatoms. The quantitative estimate of drug-likeness (QED) is 0.499. The number of rotatable bonds is 7. The highest BCUT2D eigenvalue weighted by atomic mass is 35.5. The molecule has 1 fully saturated rings. The molecule has 1 aliphatic heterocycles. The average Bonchev–Trinajstić information content (AvgIpc) is 2.81. The minimum atomic E-state index is -0.178. The number of hydrogen-bond donors (Lipinski definition) is 1. The maximum Gasteiger partial charge on any atom is 0.246 e. The van der Waals surface area contributed by atoms with E-state index in [2.05, 4.69) is 10.2 Å². The van der Waals surface area contributed by atoms with Crippen molar-refractivity contribution in [3.05, 3.63) is 79.8 Å². The minimum absolute atomic E-state index is 0.0403. The average molecular weight is 527 g/mol. The SMILES string of the molecule is O=C(C=Cc1ccc(Cl)c(Cl)c1)NCCN1CCN(C(=O)C=Cc2ccc(Cl)c(Cl)c2)CC1. The molecule has 1 heterocycles. The molecule has 0 atom stereocenters. The largest absolute Gasteiger partial charge is 0.351 e. The Balaban J connectivity index is 1.36. The predicted octanol–water partition coefficient (Wildman–Crippen LogP) is 5.29. The van der Waals surface area contributed by atoms with E-state index in [9.17, 15) is 9.59 Å². The van der Waals surface area contributed by atoms with Gasteiger partial charge in [-0.05, 0) is 47.5 Å². The first-order valence-corrected chi connectivity index (χ1v) is 11.9. The fourth-order valence-corrected chi connectivity index (χ4v) is 3.88. The van der Waals surface area contributed by atoms with Crippen LogP contribution in [0.5, 0.6) is 0 Å². The monoisotopic (exact) mass is 525 g/mol. The second kappa shape index (κ2) is 12.4. The number of amides is 2. The molecule has 2 amide bonds. The van der Waals surface area contributed by atoms with Gasteiger partial charge in [-0.15, -0.1) is 0 Å². The zero-order valence-electron chi connectivity index (χ0n) is 17.7. The van der Waals surface area contributed by atoms with E-state index in [-0.39, 0.29) is 11.8 Å². The van der Waals surface area contributed by atoms with Crippen LogP contribution in [-0.4, -0.2) is 60.9 Å². The van der Waals surface area contributed by atoms with Gasteiger partial charge in [-0.2, -0.15) is 0 Å². The maximum absolute atomic E-state index is 12.4. The fraction of sp³-hybridized carbons (Fsp3) is 0.250. The van der Waals surface area contributed by atoms with Crippen molar-refractivity contribution in [3.63, 3.8) is 0 Å². The molecule has 0 spiro atoms. The molecule has 33 heavy (non-hydrogen) atoms. The number of nitrogens with one attached hydrogen (secondary N) is 1. The van der Waals surface area contributed by atoms with Crippen molar-refractivity contribution in [3.8, 4) is 0 Å². The molecule has 0 aliphatic carbocycles. The van der Waals surface area contributed by atoms with E-state index in [4.69, 9.17) is 46.4 Å². The van der Waals surface area contributed by atoms with Crippen LogP contribution in [0.2, 0.25) is 20.1 Å². The van der Waals surface area contributed by atoms with E-state index < -0.39 is 0 Å². The summed E-state index contributed by atoms with van der Waals surface area (Å²) >= 11 is 23.8. The molecule has 3 rings (SSSR count). The van der Waals surface area contributed by atoms with Gasteiger partial charge in [0.1, 0.15) is 0 Å². The number of halogens is 4. The third kappa shape index (κ3) is 8.05. The van der Waals surface area contributed by atoms with Gasteiger partial charge >= 0.3 is 0 Å². The molecule has 1 aliphatic rings. The first kappa shape index (κ1) is 25.6. The highest BCUT2D eigenvalue weighted by Crippen LogP contribution is 2.24. The Morgan fingerprint density at radius 3 is 1.88 bits per heavy atom. The van der Waals surface area contributed by atoms with Gasteiger partial charge in [0.25, 0.3) is 0 Å². The molecule has 1 N–H and O–H groups in total. The highest BCUT2D eigenvalue weighted by Gasteiger charge is 2.19. The van der Waals surface area contributed by atoms with Gasteiger partial charge in [0.15, 0.2) is 0 Å². The summed E-state index contributed by atoms with van der Waals surface area (Å²) in [4.78, 5) is 28.5.